The second-order valence-electron chi connectivity index (χ2n) is 4.52. The van der Waals surface area contributed by atoms with Gasteiger partial charge in [0.25, 0.3) is 0 Å². The minimum atomic E-state index is 0.897. The van der Waals surface area contributed by atoms with Crippen LogP contribution >= 0.6 is 11.8 Å². The Kier molecular flexibility index (Phi) is 5.43. The molecule has 1 aromatic carbocycles. The van der Waals surface area contributed by atoms with E-state index >= 15 is 0 Å². The fourth-order valence-corrected chi connectivity index (χ4v) is 2.77. The summed E-state index contributed by atoms with van der Waals surface area (Å²) in [4.78, 5) is 4.57. The van der Waals surface area contributed by atoms with Gasteiger partial charge in [-0.05, 0) is 30.2 Å². The van der Waals surface area contributed by atoms with Crippen LogP contribution in [0.3, 0.4) is 0 Å². The standard InChI is InChI=1S/C16H20N2S/c1-3-17-10-15-9-13(2)16(18-11-15)19-12-14-7-5-4-6-8-14/h4-9,11,17H,3,10,12H2,1-2H3. The zero-order chi connectivity index (χ0) is 13.5. The summed E-state index contributed by atoms with van der Waals surface area (Å²) in [5.41, 5.74) is 3.85. The number of hydrogen-bond acceptors (Lipinski definition) is 3. The lowest BCUT2D eigenvalue weighted by Crippen LogP contribution is -2.12. The van der Waals surface area contributed by atoms with Crippen LogP contribution in [0.4, 0.5) is 0 Å². The zero-order valence-electron chi connectivity index (χ0n) is 11.5. The van der Waals surface area contributed by atoms with Crippen molar-refractivity contribution >= 4 is 11.8 Å². The highest BCUT2D eigenvalue weighted by atomic mass is 32.2. The van der Waals surface area contributed by atoms with Crippen molar-refractivity contribution in [2.75, 3.05) is 6.54 Å². The molecular weight excluding hydrogens is 252 g/mol. The molecule has 0 amide bonds. The van der Waals surface area contributed by atoms with Crippen LogP contribution in [0.1, 0.15) is 23.6 Å². The summed E-state index contributed by atoms with van der Waals surface area (Å²) in [5.74, 6) is 0.973. The maximum absolute atomic E-state index is 4.57. The number of benzene rings is 1. The van der Waals surface area contributed by atoms with Gasteiger partial charge in [-0.1, -0.05) is 43.3 Å². The minimum absolute atomic E-state index is 0.897. The Morgan fingerprint density at radius 2 is 1.95 bits per heavy atom. The van der Waals surface area contributed by atoms with Crippen LogP contribution in [-0.2, 0) is 12.3 Å². The second kappa shape index (κ2) is 7.31. The lowest BCUT2D eigenvalue weighted by Gasteiger charge is -2.08. The Bertz CT molecular complexity index is 511. The topological polar surface area (TPSA) is 24.9 Å². The number of pyridine rings is 1. The molecule has 0 atom stereocenters. The average molecular weight is 272 g/mol. The van der Waals surface area contributed by atoms with Crippen molar-refractivity contribution in [3.8, 4) is 0 Å². The number of rotatable bonds is 6. The molecule has 0 unspecified atom stereocenters. The van der Waals surface area contributed by atoms with Crippen LogP contribution in [-0.4, -0.2) is 11.5 Å². The van der Waals surface area contributed by atoms with E-state index in [0.29, 0.717) is 0 Å². The van der Waals surface area contributed by atoms with Gasteiger partial charge in [-0.25, -0.2) is 4.98 Å². The molecule has 0 bridgehead atoms. The van der Waals surface area contributed by atoms with E-state index in [1.54, 1.807) is 11.8 Å². The zero-order valence-corrected chi connectivity index (χ0v) is 12.3. The third kappa shape index (κ3) is 4.37. The van der Waals surface area contributed by atoms with Gasteiger partial charge in [0.15, 0.2) is 0 Å². The molecule has 0 aliphatic carbocycles. The molecule has 1 N–H and O–H groups in total. The van der Waals surface area contributed by atoms with Gasteiger partial charge in [0.1, 0.15) is 0 Å². The van der Waals surface area contributed by atoms with Gasteiger partial charge < -0.3 is 5.32 Å². The SMILES string of the molecule is CCNCc1cnc(SCc2ccccc2)c(C)c1. The molecule has 19 heavy (non-hydrogen) atoms. The summed E-state index contributed by atoms with van der Waals surface area (Å²) < 4.78 is 0. The predicted octanol–water partition coefficient (Wildman–Crippen LogP) is 3.79. The van der Waals surface area contributed by atoms with E-state index < -0.39 is 0 Å². The van der Waals surface area contributed by atoms with Gasteiger partial charge in [0.05, 0.1) is 5.03 Å². The van der Waals surface area contributed by atoms with E-state index in [1.807, 2.05) is 12.3 Å². The molecule has 2 rings (SSSR count). The number of hydrogen-bond donors (Lipinski definition) is 1. The average Bonchev–Trinajstić information content (AvgIpc) is 2.45. The molecule has 1 aromatic heterocycles. The van der Waals surface area contributed by atoms with Crippen molar-refractivity contribution in [3.05, 3.63) is 59.3 Å². The smallest absolute Gasteiger partial charge is 0.0992 e. The van der Waals surface area contributed by atoms with E-state index in [2.05, 4.69) is 54.5 Å². The third-order valence-corrected chi connectivity index (χ3v) is 4.06. The van der Waals surface area contributed by atoms with Crippen LogP contribution in [0.15, 0.2) is 47.6 Å². The molecule has 0 spiro atoms. The van der Waals surface area contributed by atoms with E-state index in [-0.39, 0.29) is 0 Å². The first-order valence-electron chi connectivity index (χ1n) is 6.62. The largest absolute Gasteiger partial charge is 0.313 e. The van der Waals surface area contributed by atoms with Crippen molar-refractivity contribution in [1.29, 1.82) is 0 Å². The van der Waals surface area contributed by atoms with Crippen LogP contribution in [0.25, 0.3) is 0 Å². The van der Waals surface area contributed by atoms with Gasteiger partial charge in [0.2, 0.25) is 0 Å². The maximum Gasteiger partial charge on any atom is 0.0992 e. The quantitative estimate of drug-likeness (QED) is 0.810. The summed E-state index contributed by atoms with van der Waals surface area (Å²) >= 11 is 1.80. The summed E-state index contributed by atoms with van der Waals surface area (Å²) in [6.07, 6.45) is 1.98. The van der Waals surface area contributed by atoms with Gasteiger partial charge >= 0.3 is 0 Å². The summed E-state index contributed by atoms with van der Waals surface area (Å²) in [7, 11) is 0. The van der Waals surface area contributed by atoms with Gasteiger partial charge in [-0.15, -0.1) is 11.8 Å². The lowest BCUT2D eigenvalue weighted by molar-refractivity contribution is 0.721. The predicted molar refractivity (Wildman–Crippen MR) is 82.4 cm³/mol. The van der Waals surface area contributed by atoms with Crippen molar-refractivity contribution in [3.63, 3.8) is 0 Å². The maximum atomic E-state index is 4.57. The van der Waals surface area contributed by atoms with E-state index in [9.17, 15) is 0 Å². The van der Waals surface area contributed by atoms with Crippen LogP contribution < -0.4 is 5.32 Å². The van der Waals surface area contributed by atoms with Crippen LogP contribution in [0.5, 0.6) is 0 Å². The first kappa shape index (κ1) is 14.1. The first-order valence-corrected chi connectivity index (χ1v) is 7.61. The lowest BCUT2D eigenvalue weighted by atomic mass is 10.2. The van der Waals surface area contributed by atoms with Gasteiger partial charge in [-0.2, -0.15) is 0 Å². The molecule has 0 radical (unpaired) electrons. The molecule has 0 saturated carbocycles. The third-order valence-electron chi connectivity index (χ3n) is 2.88. The molecular formula is C16H20N2S. The minimum Gasteiger partial charge on any atom is -0.313 e. The molecule has 1 heterocycles. The number of aryl methyl sites for hydroxylation is 1. The molecule has 3 heteroatoms. The van der Waals surface area contributed by atoms with Crippen LogP contribution in [0.2, 0.25) is 0 Å². The molecule has 0 saturated heterocycles. The molecule has 0 aliphatic rings. The van der Waals surface area contributed by atoms with Gasteiger partial charge in [-0.3, -0.25) is 0 Å². The van der Waals surface area contributed by atoms with Crippen molar-refractivity contribution in [2.45, 2.75) is 31.2 Å². The Balaban J connectivity index is 1.97. The Labute approximate surface area is 119 Å². The second-order valence-corrected chi connectivity index (χ2v) is 5.48. The number of aromatic nitrogens is 1. The molecule has 100 valence electrons. The summed E-state index contributed by atoms with van der Waals surface area (Å²) in [5, 5.41) is 4.45. The van der Waals surface area contributed by atoms with E-state index in [4.69, 9.17) is 0 Å². The number of nitrogens with one attached hydrogen (secondary N) is 1. The summed E-state index contributed by atoms with van der Waals surface area (Å²) in [6.45, 7) is 6.14. The molecule has 0 fully saturated rings. The van der Waals surface area contributed by atoms with Crippen molar-refractivity contribution in [2.24, 2.45) is 0 Å². The van der Waals surface area contributed by atoms with Crippen LogP contribution in [0, 0.1) is 6.92 Å². The Morgan fingerprint density at radius 1 is 1.16 bits per heavy atom. The Morgan fingerprint density at radius 3 is 2.63 bits per heavy atom. The fourth-order valence-electron chi connectivity index (χ4n) is 1.86. The molecule has 2 aromatic rings. The number of nitrogens with zero attached hydrogens (tertiary/aromatic N) is 1. The Hall–Kier alpha value is -1.32. The van der Waals surface area contributed by atoms with Crippen molar-refractivity contribution < 1.29 is 0 Å². The highest BCUT2D eigenvalue weighted by molar-refractivity contribution is 7.98. The van der Waals surface area contributed by atoms with Crippen molar-refractivity contribution in [1.82, 2.24) is 10.3 Å². The van der Waals surface area contributed by atoms with E-state index in [1.165, 1.54) is 16.7 Å². The first-order chi connectivity index (χ1) is 9.29. The summed E-state index contributed by atoms with van der Waals surface area (Å²) in [6, 6.07) is 12.7. The molecule has 0 aliphatic heterocycles. The highest BCUT2D eigenvalue weighted by Crippen LogP contribution is 2.24. The fraction of sp³-hybridized carbons (Fsp3) is 0.312. The monoisotopic (exact) mass is 272 g/mol. The highest BCUT2D eigenvalue weighted by Gasteiger charge is 2.03. The normalized spacial score (nSPS) is 10.6. The van der Waals surface area contributed by atoms with Gasteiger partial charge in [0, 0.05) is 18.5 Å². The number of thioether (sulfide) groups is 1. The molecule has 2 nitrogen and oxygen atoms in total. The van der Waals surface area contributed by atoms with E-state index in [0.717, 1.165) is 23.9 Å².